The first-order valence-corrected chi connectivity index (χ1v) is 13.6. The predicted octanol–water partition coefficient (Wildman–Crippen LogP) is 4.17. The van der Waals surface area contributed by atoms with Gasteiger partial charge in [-0.25, -0.2) is 4.79 Å². The molecule has 0 spiro atoms. The van der Waals surface area contributed by atoms with E-state index in [9.17, 15) is 19.2 Å². The van der Waals surface area contributed by atoms with Crippen LogP contribution in [0.1, 0.15) is 18.4 Å². The van der Waals surface area contributed by atoms with Crippen LogP contribution < -0.4 is 21.3 Å². The van der Waals surface area contributed by atoms with Crippen molar-refractivity contribution in [3.05, 3.63) is 110 Å². The molecule has 1 aliphatic rings. The van der Waals surface area contributed by atoms with Crippen LogP contribution in [0.3, 0.4) is 0 Å². The van der Waals surface area contributed by atoms with Gasteiger partial charge in [-0.1, -0.05) is 60.1 Å². The van der Waals surface area contributed by atoms with Gasteiger partial charge in [-0.05, 0) is 47.9 Å². The lowest BCUT2D eigenvalue weighted by atomic mass is 9.99. The number of carbonyl (C=O) groups excluding carboxylic acids is 2. The number of amides is 2. The second-order valence-corrected chi connectivity index (χ2v) is 10.1. The maximum absolute atomic E-state index is 13.5. The molecule has 5 rings (SSSR count). The molecule has 0 fully saturated rings. The monoisotopic (exact) mass is 572 g/mol. The number of hydrogen-bond acceptors (Lipinski definition) is 5. The molecule has 0 aliphatic carbocycles. The van der Waals surface area contributed by atoms with E-state index < -0.39 is 17.2 Å². The standard InChI is InChI=1S/C31H29ClN4O5/c1-41-27-12-11-23(19-25(27)32)33-28(37)20-36-26-10-6-5-9-24(26)30(39)35(31(36)40)18-15-29(38)34-16-13-22(14-17-34)21-7-3-2-4-8-21/h2-13,19H,14-18,20H2,1H3,(H,33,37). The smallest absolute Gasteiger partial charge is 0.331 e. The normalized spacial score (nSPS) is 13.1. The summed E-state index contributed by atoms with van der Waals surface area (Å²) in [6.07, 6.45) is 2.76. The number of benzene rings is 3. The van der Waals surface area contributed by atoms with Gasteiger partial charge in [-0.15, -0.1) is 0 Å². The fourth-order valence-corrected chi connectivity index (χ4v) is 5.24. The van der Waals surface area contributed by atoms with Crippen LogP contribution in [0.2, 0.25) is 5.02 Å². The second kappa shape index (κ2) is 12.3. The molecule has 4 aromatic rings. The molecule has 0 atom stereocenters. The predicted molar refractivity (Wildman–Crippen MR) is 159 cm³/mol. The SMILES string of the molecule is COc1ccc(NC(=O)Cn2c(=O)n(CCC(=O)N3CC=C(c4ccccc4)CC3)c(=O)c3ccccc32)cc1Cl. The third kappa shape index (κ3) is 6.10. The van der Waals surface area contributed by atoms with Gasteiger partial charge in [0.15, 0.2) is 0 Å². The summed E-state index contributed by atoms with van der Waals surface area (Å²) in [5.74, 6) is -0.159. The number of nitrogens with one attached hydrogen (secondary N) is 1. The Morgan fingerprint density at radius 3 is 2.44 bits per heavy atom. The Labute approximate surface area is 241 Å². The van der Waals surface area contributed by atoms with Gasteiger partial charge in [-0.2, -0.15) is 0 Å². The van der Waals surface area contributed by atoms with Gasteiger partial charge >= 0.3 is 5.69 Å². The van der Waals surface area contributed by atoms with E-state index in [2.05, 4.69) is 5.32 Å². The van der Waals surface area contributed by atoms with Crippen molar-refractivity contribution in [2.75, 3.05) is 25.5 Å². The van der Waals surface area contributed by atoms with Gasteiger partial charge < -0.3 is 15.0 Å². The van der Waals surface area contributed by atoms with Crippen molar-refractivity contribution in [1.29, 1.82) is 0 Å². The Bertz CT molecular complexity index is 1760. The molecule has 9 nitrogen and oxygen atoms in total. The number of methoxy groups -OCH3 is 1. The van der Waals surface area contributed by atoms with Gasteiger partial charge in [0, 0.05) is 31.7 Å². The molecule has 41 heavy (non-hydrogen) atoms. The first-order valence-electron chi connectivity index (χ1n) is 13.2. The number of aromatic nitrogens is 2. The largest absolute Gasteiger partial charge is 0.495 e. The fraction of sp³-hybridized carbons (Fsp3) is 0.226. The van der Waals surface area contributed by atoms with Crippen LogP contribution in [-0.4, -0.2) is 46.0 Å². The zero-order valence-corrected chi connectivity index (χ0v) is 23.3. The molecule has 0 saturated heterocycles. The summed E-state index contributed by atoms with van der Waals surface area (Å²) in [6.45, 7) is 0.598. The van der Waals surface area contributed by atoms with Crippen molar-refractivity contribution < 1.29 is 14.3 Å². The minimum Gasteiger partial charge on any atom is -0.495 e. The number of para-hydroxylation sites is 1. The number of hydrogen-bond donors (Lipinski definition) is 1. The van der Waals surface area contributed by atoms with E-state index in [-0.39, 0.29) is 30.8 Å². The topological polar surface area (TPSA) is 103 Å². The summed E-state index contributed by atoms with van der Waals surface area (Å²) in [7, 11) is 1.49. The quantitative estimate of drug-likeness (QED) is 0.341. The van der Waals surface area contributed by atoms with Crippen LogP contribution in [0.5, 0.6) is 5.75 Å². The molecule has 0 bridgehead atoms. The molecule has 0 unspecified atom stereocenters. The van der Waals surface area contributed by atoms with Crippen molar-refractivity contribution in [2.24, 2.45) is 0 Å². The van der Waals surface area contributed by atoms with E-state index in [1.807, 2.05) is 36.4 Å². The van der Waals surface area contributed by atoms with Crippen LogP contribution >= 0.6 is 11.6 Å². The highest BCUT2D eigenvalue weighted by Crippen LogP contribution is 2.27. The summed E-state index contributed by atoms with van der Waals surface area (Å²) in [5, 5.41) is 3.34. The zero-order chi connectivity index (χ0) is 28.9. The Morgan fingerprint density at radius 2 is 1.73 bits per heavy atom. The maximum Gasteiger partial charge on any atom is 0.331 e. The van der Waals surface area contributed by atoms with Gasteiger partial charge in [0.2, 0.25) is 11.8 Å². The summed E-state index contributed by atoms with van der Waals surface area (Å²) in [4.78, 5) is 54.4. The first-order chi connectivity index (χ1) is 19.9. The first kappa shape index (κ1) is 27.9. The molecule has 1 aromatic heterocycles. The summed E-state index contributed by atoms with van der Waals surface area (Å²) in [6, 6.07) is 21.5. The molecule has 0 radical (unpaired) electrons. The third-order valence-electron chi connectivity index (χ3n) is 7.13. The Balaban J connectivity index is 1.33. The van der Waals surface area contributed by atoms with E-state index in [0.29, 0.717) is 35.1 Å². The molecule has 1 N–H and O–H groups in total. The lowest BCUT2D eigenvalue weighted by molar-refractivity contribution is -0.131. The molecular weight excluding hydrogens is 544 g/mol. The average Bonchev–Trinajstić information content (AvgIpc) is 3.00. The molecule has 2 amide bonds. The van der Waals surface area contributed by atoms with Crippen molar-refractivity contribution in [3.63, 3.8) is 0 Å². The Kier molecular flexibility index (Phi) is 8.35. The fourth-order valence-electron chi connectivity index (χ4n) is 4.98. The molecule has 10 heteroatoms. The third-order valence-corrected chi connectivity index (χ3v) is 7.42. The Hall–Kier alpha value is -4.63. The highest BCUT2D eigenvalue weighted by molar-refractivity contribution is 6.32. The highest BCUT2D eigenvalue weighted by Gasteiger charge is 2.20. The molecule has 2 heterocycles. The highest BCUT2D eigenvalue weighted by atomic mass is 35.5. The van der Waals surface area contributed by atoms with Crippen molar-refractivity contribution >= 4 is 45.6 Å². The van der Waals surface area contributed by atoms with Crippen molar-refractivity contribution in [1.82, 2.24) is 14.0 Å². The lowest BCUT2D eigenvalue weighted by Gasteiger charge is -2.27. The molecule has 0 saturated carbocycles. The number of rotatable bonds is 8. The van der Waals surface area contributed by atoms with Gasteiger partial charge in [0.25, 0.3) is 5.56 Å². The van der Waals surface area contributed by atoms with Crippen LogP contribution in [-0.2, 0) is 22.7 Å². The minimum absolute atomic E-state index is 0.0153. The van der Waals surface area contributed by atoms with Crippen LogP contribution in [0.25, 0.3) is 16.5 Å². The zero-order valence-electron chi connectivity index (χ0n) is 22.5. The molecule has 210 valence electrons. The van der Waals surface area contributed by atoms with Gasteiger partial charge in [0.1, 0.15) is 12.3 Å². The van der Waals surface area contributed by atoms with E-state index in [0.717, 1.165) is 16.6 Å². The van der Waals surface area contributed by atoms with Crippen LogP contribution in [0, 0.1) is 0 Å². The summed E-state index contributed by atoms with van der Waals surface area (Å²) in [5.41, 5.74) is 1.95. The van der Waals surface area contributed by atoms with Crippen molar-refractivity contribution in [2.45, 2.75) is 25.9 Å². The number of ether oxygens (including phenoxy) is 1. The van der Waals surface area contributed by atoms with Crippen LogP contribution in [0.15, 0.2) is 88.5 Å². The molecular formula is C31H29ClN4O5. The minimum atomic E-state index is -0.658. The number of carbonyl (C=O) groups is 2. The number of halogens is 1. The number of nitrogens with zero attached hydrogens (tertiary/aromatic N) is 3. The Morgan fingerprint density at radius 1 is 0.976 bits per heavy atom. The molecule has 1 aliphatic heterocycles. The lowest BCUT2D eigenvalue weighted by Crippen LogP contribution is -2.43. The van der Waals surface area contributed by atoms with E-state index in [4.69, 9.17) is 16.3 Å². The maximum atomic E-state index is 13.5. The van der Waals surface area contributed by atoms with Gasteiger partial charge in [-0.3, -0.25) is 23.5 Å². The van der Waals surface area contributed by atoms with E-state index in [1.54, 1.807) is 47.4 Å². The number of anilines is 1. The molecule has 3 aromatic carbocycles. The van der Waals surface area contributed by atoms with Crippen molar-refractivity contribution in [3.8, 4) is 5.75 Å². The number of fused-ring (bicyclic) bond motifs is 1. The average molecular weight is 573 g/mol. The van der Waals surface area contributed by atoms with E-state index >= 15 is 0 Å². The summed E-state index contributed by atoms with van der Waals surface area (Å²) < 4.78 is 7.42. The van der Waals surface area contributed by atoms with Gasteiger partial charge in [0.05, 0.1) is 23.0 Å². The summed E-state index contributed by atoms with van der Waals surface area (Å²) >= 11 is 6.16. The van der Waals surface area contributed by atoms with E-state index in [1.165, 1.54) is 17.3 Å². The van der Waals surface area contributed by atoms with Crippen LogP contribution in [0.4, 0.5) is 5.69 Å². The second-order valence-electron chi connectivity index (χ2n) is 9.68.